The summed E-state index contributed by atoms with van der Waals surface area (Å²) in [6.07, 6.45) is 14.7. The van der Waals surface area contributed by atoms with Crippen LogP contribution >= 0.6 is 22.6 Å². The Balaban J connectivity index is 0.000000242. The Hall–Kier alpha value is -2.29. The van der Waals surface area contributed by atoms with E-state index in [9.17, 15) is 24.9 Å². The van der Waals surface area contributed by atoms with Crippen LogP contribution in [-0.4, -0.2) is 38.9 Å². The molecule has 57 heavy (non-hydrogen) atoms. The monoisotopic (exact) mass is 900 g/mol. The van der Waals surface area contributed by atoms with Crippen molar-refractivity contribution in [1.29, 1.82) is 0 Å². The maximum Gasteiger partial charge on any atom is 0.137 e. The first-order valence-electron chi connectivity index (χ1n) is 22.1. The maximum atomic E-state index is 12.6. The number of phenols is 3. The molecular formula is C50H77IO6. The van der Waals surface area contributed by atoms with Crippen molar-refractivity contribution in [2.45, 2.75) is 182 Å². The number of hydrogen-bond acceptors (Lipinski definition) is 6. The predicted molar refractivity (Wildman–Crippen MR) is 243 cm³/mol. The molecule has 6 atom stereocenters. The summed E-state index contributed by atoms with van der Waals surface area (Å²) in [4.78, 5) is 27.1. The van der Waals surface area contributed by atoms with E-state index in [0.717, 1.165) is 54.5 Å². The van der Waals surface area contributed by atoms with E-state index in [-0.39, 0.29) is 62.6 Å². The molecule has 8 rings (SSSR count). The van der Waals surface area contributed by atoms with Crippen LogP contribution in [0.3, 0.4) is 0 Å². The Labute approximate surface area is 359 Å². The summed E-state index contributed by atoms with van der Waals surface area (Å²) in [7, 11) is 1.68. The number of fused-ring (bicyclic) bond motifs is 4. The lowest BCUT2D eigenvalue weighted by molar-refractivity contribution is -0.152. The summed E-state index contributed by atoms with van der Waals surface area (Å²) < 4.78 is 5.76. The van der Waals surface area contributed by atoms with Gasteiger partial charge in [-0.25, -0.2) is 0 Å². The van der Waals surface area contributed by atoms with Gasteiger partial charge in [0.1, 0.15) is 34.6 Å². The second-order valence-corrected chi connectivity index (χ2v) is 20.4. The number of alkyl halides is 1. The number of phenolic OH excluding ortho intramolecular Hbond substituents is 3. The lowest BCUT2D eigenvalue weighted by Crippen LogP contribution is -2.56. The summed E-state index contributed by atoms with van der Waals surface area (Å²) in [6.45, 7) is 22.0. The standard InChI is InChI=1S/C25H38O3.C24H36O3.CH3I/c1-7-8-9-10-11-24(2,3)16-12-21(27)23(22(13-16)28-6)17-14-20(26)19-15-18(17)25(19,4)5;1-6-7-8-9-10-23(2,3)15-11-20(26)22(21(27)12-15)16-13-19(25)18-14-17(16)24(18,4)5;1-2/h12-13,17-19,27H,7-11,14-15H2,1-6H3;11-12,16-18,26-27H,6-10,13-14H2,1-5H3;1H3/t17?,18-,19+;16?,17-,18+;/m00./s1. The first kappa shape index (κ1) is 47.4. The molecule has 6 aliphatic carbocycles. The molecule has 3 N–H and O–H groups in total. The van der Waals surface area contributed by atoms with Crippen LogP contribution in [0.4, 0.5) is 0 Å². The number of halogens is 1. The molecule has 2 aromatic carbocycles. The van der Waals surface area contributed by atoms with Gasteiger partial charge in [-0.1, -0.05) is 143 Å². The molecule has 320 valence electrons. The molecule has 0 spiro atoms. The van der Waals surface area contributed by atoms with Gasteiger partial charge in [-0.05, 0) is 99.5 Å². The fourth-order valence-corrected chi connectivity index (χ4v) is 11.2. The van der Waals surface area contributed by atoms with Gasteiger partial charge in [0.05, 0.1) is 7.11 Å². The van der Waals surface area contributed by atoms with Crippen molar-refractivity contribution in [3.8, 4) is 23.0 Å². The SMILES string of the molecule is CCCCCCC(C)(C)c1cc(O)c(C2CC(=O)[C@H]3C[C@@H]2C3(C)C)c(O)c1.CCCCCCC(C)(C)c1cc(O)c(C2CC(=O)[C@H]3C[C@@H]2C3(C)C)c(OC)c1.CI. The zero-order valence-electron chi connectivity index (χ0n) is 37.6. The number of hydrogen-bond donors (Lipinski definition) is 3. The van der Waals surface area contributed by atoms with Crippen LogP contribution < -0.4 is 4.74 Å². The van der Waals surface area contributed by atoms with Crippen LogP contribution in [0, 0.1) is 34.5 Å². The van der Waals surface area contributed by atoms with E-state index in [0.29, 0.717) is 41.8 Å². The molecule has 0 radical (unpaired) electrons. The fourth-order valence-electron chi connectivity index (χ4n) is 11.2. The molecule has 0 amide bonds. The number of aromatic hydroxyl groups is 3. The number of benzene rings is 2. The number of ether oxygens (including phenoxy) is 1. The van der Waals surface area contributed by atoms with E-state index in [1.807, 2.05) is 23.1 Å². The molecule has 0 heterocycles. The van der Waals surface area contributed by atoms with E-state index < -0.39 is 0 Å². The van der Waals surface area contributed by atoms with E-state index in [1.165, 1.54) is 44.9 Å². The van der Waals surface area contributed by atoms with Gasteiger partial charge in [-0.2, -0.15) is 0 Å². The van der Waals surface area contributed by atoms with Crippen molar-refractivity contribution in [2.75, 3.05) is 12.0 Å². The highest BCUT2D eigenvalue weighted by Crippen LogP contribution is 2.65. The second-order valence-electron chi connectivity index (χ2n) is 20.4. The summed E-state index contributed by atoms with van der Waals surface area (Å²) in [6, 6.07) is 7.70. The molecule has 6 aliphatic rings. The quantitative estimate of drug-likeness (QED) is 0.0934. The Morgan fingerprint density at radius 2 is 1.00 bits per heavy atom. The maximum absolute atomic E-state index is 12.6. The number of rotatable bonds is 15. The van der Waals surface area contributed by atoms with Crippen LogP contribution in [0.1, 0.15) is 193 Å². The minimum atomic E-state index is -0.0928. The molecule has 0 aliphatic heterocycles. The zero-order valence-corrected chi connectivity index (χ0v) is 39.8. The predicted octanol–water partition coefficient (Wildman–Crippen LogP) is 13.5. The van der Waals surface area contributed by atoms with Gasteiger partial charge in [0, 0.05) is 47.6 Å². The van der Waals surface area contributed by atoms with Gasteiger partial charge in [0.15, 0.2) is 0 Å². The van der Waals surface area contributed by atoms with Crippen LogP contribution in [0.2, 0.25) is 0 Å². The summed E-state index contributed by atoms with van der Waals surface area (Å²) in [5, 5.41) is 32.7. The van der Waals surface area contributed by atoms with Crippen molar-refractivity contribution >= 4 is 34.2 Å². The van der Waals surface area contributed by atoms with Crippen LogP contribution in [0.15, 0.2) is 24.3 Å². The van der Waals surface area contributed by atoms with Gasteiger partial charge in [0.2, 0.25) is 0 Å². The van der Waals surface area contributed by atoms with Crippen molar-refractivity contribution in [3.63, 3.8) is 0 Å². The number of carbonyl (C=O) groups is 2. The van der Waals surface area contributed by atoms with Crippen LogP contribution in [0.5, 0.6) is 23.0 Å². The molecule has 2 aromatic rings. The molecule has 2 unspecified atom stereocenters. The molecule has 0 aromatic heterocycles. The first-order valence-corrected chi connectivity index (χ1v) is 24.3. The minimum absolute atomic E-state index is 0.0136. The molecule has 6 saturated carbocycles. The first-order chi connectivity index (χ1) is 26.7. The van der Waals surface area contributed by atoms with Crippen molar-refractivity contribution < 1.29 is 29.6 Å². The number of Topliss-reactive ketones (excluding diaryl/α,β-unsaturated/α-hetero) is 2. The van der Waals surface area contributed by atoms with E-state index >= 15 is 0 Å². The largest absolute Gasteiger partial charge is 0.508 e. The van der Waals surface area contributed by atoms with Gasteiger partial charge in [0.25, 0.3) is 0 Å². The average molecular weight is 901 g/mol. The summed E-state index contributed by atoms with van der Waals surface area (Å²) in [5.74, 6) is 3.12. The highest BCUT2D eigenvalue weighted by Gasteiger charge is 2.60. The van der Waals surface area contributed by atoms with E-state index in [2.05, 4.69) is 97.9 Å². The molecule has 0 saturated heterocycles. The summed E-state index contributed by atoms with van der Waals surface area (Å²) >= 11 is 2.15. The smallest absolute Gasteiger partial charge is 0.137 e. The molecular weight excluding hydrogens is 823 g/mol. The lowest BCUT2D eigenvalue weighted by atomic mass is 9.44. The Morgan fingerprint density at radius 1 is 0.632 bits per heavy atom. The fraction of sp³-hybridized carbons (Fsp3) is 0.720. The Bertz CT molecular complexity index is 1680. The Kier molecular flexibility index (Phi) is 15.8. The third-order valence-corrected chi connectivity index (χ3v) is 15.4. The average Bonchev–Trinajstić information content (AvgIpc) is 3.14. The Morgan fingerprint density at radius 3 is 1.35 bits per heavy atom. The highest BCUT2D eigenvalue weighted by molar-refractivity contribution is 14.1. The number of ketones is 2. The number of carbonyl (C=O) groups excluding carboxylic acids is 2. The van der Waals surface area contributed by atoms with Gasteiger partial charge in [-0.15, -0.1) is 0 Å². The minimum Gasteiger partial charge on any atom is -0.508 e. The van der Waals surface area contributed by atoms with Crippen molar-refractivity contribution in [3.05, 3.63) is 46.5 Å². The highest BCUT2D eigenvalue weighted by atomic mass is 127. The lowest BCUT2D eigenvalue weighted by Gasteiger charge is -2.59. The van der Waals surface area contributed by atoms with E-state index in [4.69, 9.17) is 4.74 Å². The van der Waals surface area contributed by atoms with Crippen LogP contribution in [-0.2, 0) is 20.4 Å². The molecule has 7 heteroatoms. The molecule has 4 bridgehead atoms. The third-order valence-electron chi connectivity index (χ3n) is 15.4. The second kappa shape index (κ2) is 19.0. The normalized spacial score (nSPS) is 25.6. The van der Waals surface area contributed by atoms with Gasteiger partial charge >= 0.3 is 0 Å². The zero-order chi connectivity index (χ0) is 42.7. The number of unbranched alkanes of at least 4 members (excludes halogenated alkanes) is 6. The van der Waals surface area contributed by atoms with Crippen molar-refractivity contribution in [1.82, 2.24) is 0 Å². The third kappa shape index (κ3) is 9.70. The number of methoxy groups -OCH3 is 1. The molecule has 6 fully saturated rings. The van der Waals surface area contributed by atoms with Gasteiger partial charge < -0.3 is 20.1 Å². The van der Waals surface area contributed by atoms with Crippen LogP contribution in [0.25, 0.3) is 0 Å². The summed E-state index contributed by atoms with van der Waals surface area (Å²) in [5.41, 5.74) is 3.42. The molecule has 6 nitrogen and oxygen atoms in total. The van der Waals surface area contributed by atoms with Gasteiger partial charge in [-0.3, -0.25) is 9.59 Å². The topological polar surface area (TPSA) is 104 Å². The van der Waals surface area contributed by atoms with Crippen molar-refractivity contribution in [2.24, 2.45) is 34.5 Å². The van der Waals surface area contributed by atoms with E-state index in [1.54, 1.807) is 7.11 Å².